The van der Waals surface area contributed by atoms with E-state index in [0.29, 0.717) is 30.0 Å². The first kappa shape index (κ1) is 27.1. The second kappa shape index (κ2) is 12.5. The molecule has 2 saturated heterocycles. The lowest BCUT2D eigenvalue weighted by Crippen LogP contribution is -2.60. The minimum Gasteiger partial charge on any atom is -0.492 e. The third-order valence-corrected chi connectivity index (χ3v) is 8.06. The Morgan fingerprint density at radius 1 is 0.892 bits per heavy atom. The number of ether oxygens (including phenoxy) is 2. The van der Waals surface area contributed by atoms with Gasteiger partial charge in [-0.2, -0.15) is 14.8 Å². The molecule has 2 fully saturated rings. The van der Waals surface area contributed by atoms with E-state index >= 15 is 0 Å². The summed E-state index contributed by atoms with van der Waals surface area (Å²) < 4.78 is 38.1. The van der Waals surface area contributed by atoms with Crippen LogP contribution in [0.1, 0.15) is 16.7 Å². The molecule has 2 aliphatic rings. The molecule has 196 valence electrons. The van der Waals surface area contributed by atoms with Gasteiger partial charge in [0.2, 0.25) is 10.0 Å². The highest BCUT2D eigenvalue weighted by Crippen LogP contribution is 2.20. The Labute approximate surface area is 219 Å². The Morgan fingerprint density at radius 2 is 1.43 bits per heavy atom. The molecule has 9 nitrogen and oxygen atoms in total. The summed E-state index contributed by atoms with van der Waals surface area (Å²) in [6.07, 6.45) is 2.39. The third-order valence-electron chi connectivity index (χ3n) is 6.76. The van der Waals surface area contributed by atoms with Crippen LogP contribution in [0.2, 0.25) is 0 Å². The van der Waals surface area contributed by atoms with Gasteiger partial charge in [-0.05, 0) is 48.4 Å². The van der Waals surface area contributed by atoms with E-state index in [2.05, 4.69) is 21.9 Å². The zero-order valence-corrected chi connectivity index (χ0v) is 21.9. The smallest absolute Gasteiger partial charge is 0.211 e. The molecule has 0 amide bonds. The van der Waals surface area contributed by atoms with E-state index in [1.807, 2.05) is 24.3 Å². The number of nitriles is 2. The monoisotopic (exact) mass is 523 g/mol. The fourth-order valence-corrected chi connectivity index (χ4v) is 5.67. The molecule has 2 aromatic rings. The average molecular weight is 524 g/mol. The van der Waals surface area contributed by atoms with Crippen LogP contribution in [0.5, 0.6) is 5.75 Å². The van der Waals surface area contributed by atoms with Crippen LogP contribution in [0.3, 0.4) is 0 Å². The number of hydrogen-bond acceptors (Lipinski definition) is 8. The Balaban J connectivity index is 1.21. The molecule has 2 aliphatic heterocycles. The molecule has 37 heavy (non-hydrogen) atoms. The summed E-state index contributed by atoms with van der Waals surface area (Å²) in [6.45, 7) is 5.77. The minimum absolute atomic E-state index is 0.111. The molecular formula is C27H33N5O4S. The average Bonchev–Trinajstić information content (AvgIpc) is 2.89. The van der Waals surface area contributed by atoms with E-state index in [-0.39, 0.29) is 25.4 Å². The summed E-state index contributed by atoms with van der Waals surface area (Å²) in [7, 11) is -3.37. The zero-order valence-electron chi connectivity index (χ0n) is 21.1. The van der Waals surface area contributed by atoms with Gasteiger partial charge in [0.05, 0.1) is 41.7 Å². The van der Waals surface area contributed by atoms with Gasteiger partial charge >= 0.3 is 0 Å². The third kappa shape index (κ3) is 8.00. The molecule has 2 heterocycles. The molecule has 10 heteroatoms. The largest absolute Gasteiger partial charge is 0.492 e. The second-order valence-corrected chi connectivity index (χ2v) is 11.6. The molecule has 0 aromatic heterocycles. The number of morpholine rings is 2. The summed E-state index contributed by atoms with van der Waals surface area (Å²) in [5, 5.41) is 17.9. The SMILES string of the molecule is CS(=O)(=O)N(CCOc1ccc(C#N)cc1)CCN1CC2CN(CCc3ccc(C#N)cc3)CC(C1)O2. The first-order valence-electron chi connectivity index (χ1n) is 12.5. The lowest BCUT2D eigenvalue weighted by molar-refractivity contribution is -0.138. The van der Waals surface area contributed by atoms with E-state index in [1.54, 1.807) is 24.3 Å². The normalized spacial score (nSPS) is 20.3. The minimum atomic E-state index is -3.37. The molecule has 2 aromatic carbocycles. The number of fused-ring (bicyclic) bond motifs is 2. The molecule has 2 atom stereocenters. The summed E-state index contributed by atoms with van der Waals surface area (Å²) in [5.74, 6) is 0.609. The fraction of sp³-hybridized carbons (Fsp3) is 0.481. The van der Waals surface area contributed by atoms with Gasteiger partial charge in [0.1, 0.15) is 12.4 Å². The molecular weight excluding hydrogens is 490 g/mol. The van der Waals surface area contributed by atoms with Gasteiger partial charge in [-0.25, -0.2) is 8.42 Å². The van der Waals surface area contributed by atoms with Crippen molar-refractivity contribution in [3.8, 4) is 17.9 Å². The van der Waals surface area contributed by atoms with Gasteiger partial charge < -0.3 is 9.47 Å². The Kier molecular flexibility index (Phi) is 9.14. The first-order chi connectivity index (χ1) is 17.8. The van der Waals surface area contributed by atoms with Crippen LogP contribution >= 0.6 is 0 Å². The van der Waals surface area contributed by atoms with Crippen molar-refractivity contribution in [3.05, 3.63) is 65.2 Å². The number of sulfonamides is 1. The molecule has 4 rings (SSSR count). The number of nitrogens with zero attached hydrogens (tertiary/aromatic N) is 5. The van der Waals surface area contributed by atoms with Crippen LogP contribution in [0.15, 0.2) is 48.5 Å². The van der Waals surface area contributed by atoms with E-state index in [9.17, 15) is 8.42 Å². The quantitative estimate of drug-likeness (QED) is 0.438. The standard InChI is InChI=1S/C27H33N5O4S/c1-37(33,34)32(14-15-35-25-8-6-24(17-29)7-9-25)13-12-31-20-26-18-30(19-27(21-31)36-26)11-10-22-2-4-23(16-28)5-3-22/h2-9,26-27H,10-15,18-21H2,1H3. The van der Waals surface area contributed by atoms with Gasteiger partial charge in [0.25, 0.3) is 0 Å². The Bertz CT molecular complexity index is 1210. The molecule has 2 unspecified atom stereocenters. The van der Waals surface area contributed by atoms with Crippen molar-refractivity contribution in [2.24, 2.45) is 0 Å². The predicted molar refractivity (Wildman–Crippen MR) is 139 cm³/mol. The second-order valence-electron chi connectivity index (χ2n) is 9.60. The van der Waals surface area contributed by atoms with Gasteiger partial charge in [0.15, 0.2) is 0 Å². The van der Waals surface area contributed by atoms with Crippen LogP contribution in [-0.2, 0) is 21.2 Å². The topological polar surface area (TPSA) is 110 Å². The van der Waals surface area contributed by atoms with Crippen LogP contribution in [0.25, 0.3) is 0 Å². The fourth-order valence-electron chi connectivity index (χ4n) is 4.85. The Morgan fingerprint density at radius 3 is 1.97 bits per heavy atom. The van der Waals surface area contributed by atoms with Crippen molar-refractivity contribution >= 4 is 10.0 Å². The van der Waals surface area contributed by atoms with Gasteiger partial charge in [0, 0.05) is 52.4 Å². The van der Waals surface area contributed by atoms with Crippen molar-refractivity contribution in [1.82, 2.24) is 14.1 Å². The summed E-state index contributed by atoms with van der Waals surface area (Å²) in [4.78, 5) is 4.74. The van der Waals surface area contributed by atoms with Gasteiger partial charge in [-0.3, -0.25) is 9.80 Å². The van der Waals surface area contributed by atoms with Crippen molar-refractivity contribution in [2.45, 2.75) is 18.6 Å². The van der Waals surface area contributed by atoms with Gasteiger partial charge in [-0.1, -0.05) is 12.1 Å². The molecule has 0 N–H and O–H groups in total. The molecule has 0 saturated carbocycles. The van der Waals surface area contributed by atoms with E-state index < -0.39 is 10.0 Å². The van der Waals surface area contributed by atoms with Crippen molar-refractivity contribution in [2.75, 3.05) is 65.2 Å². The summed E-state index contributed by atoms with van der Waals surface area (Å²) in [6, 6.07) is 18.7. The molecule has 2 bridgehead atoms. The summed E-state index contributed by atoms with van der Waals surface area (Å²) in [5.41, 5.74) is 2.45. The van der Waals surface area contributed by atoms with E-state index in [1.165, 1.54) is 16.1 Å². The number of hydrogen-bond donors (Lipinski definition) is 0. The van der Waals surface area contributed by atoms with Crippen LogP contribution in [-0.4, -0.2) is 100.0 Å². The van der Waals surface area contributed by atoms with Crippen LogP contribution < -0.4 is 4.74 Å². The lowest BCUT2D eigenvalue weighted by atomic mass is 10.1. The highest BCUT2D eigenvalue weighted by atomic mass is 32.2. The zero-order chi connectivity index (χ0) is 26.3. The molecule has 0 aliphatic carbocycles. The maximum absolute atomic E-state index is 12.4. The van der Waals surface area contributed by atoms with E-state index in [4.69, 9.17) is 20.0 Å². The Hall–Kier alpha value is -2.99. The molecule has 0 radical (unpaired) electrons. The summed E-state index contributed by atoms with van der Waals surface area (Å²) >= 11 is 0. The maximum Gasteiger partial charge on any atom is 0.211 e. The predicted octanol–water partition coefficient (Wildman–Crippen LogP) is 1.70. The highest BCUT2D eigenvalue weighted by molar-refractivity contribution is 7.88. The first-order valence-corrected chi connectivity index (χ1v) is 14.3. The van der Waals surface area contributed by atoms with Crippen molar-refractivity contribution in [3.63, 3.8) is 0 Å². The van der Waals surface area contributed by atoms with Crippen LogP contribution in [0, 0.1) is 22.7 Å². The number of benzene rings is 2. The van der Waals surface area contributed by atoms with Gasteiger partial charge in [-0.15, -0.1) is 0 Å². The lowest BCUT2D eigenvalue weighted by Gasteiger charge is -2.46. The van der Waals surface area contributed by atoms with Crippen LogP contribution in [0.4, 0.5) is 0 Å². The van der Waals surface area contributed by atoms with Crippen molar-refractivity contribution < 1.29 is 17.9 Å². The van der Waals surface area contributed by atoms with Crippen molar-refractivity contribution in [1.29, 1.82) is 10.5 Å². The number of rotatable bonds is 11. The molecule has 0 spiro atoms. The van der Waals surface area contributed by atoms with E-state index in [0.717, 1.165) is 39.1 Å². The highest BCUT2D eigenvalue weighted by Gasteiger charge is 2.35. The maximum atomic E-state index is 12.4.